The number of carbonyl (C=O) groups excluding carboxylic acids is 1. The number of aromatic nitrogens is 2. The summed E-state index contributed by atoms with van der Waals surface area (Å²) in [5.41, 5.74) is 1.80. The lowest BCUT2D eigenvalue weighted by atomic mass is 10.3. The van der Waals surface area contributed by atoms with Crippen LogP contribution in [0.25, 0.3) is 0 Å². The van der Waals surface area contributed by atoms with Gasteiger partial charge in [-0.15, -0.1) is 11.8 Å². The van der Waals surface area contributed by atoms with Crippen LogP contribution >= 0.6 is 11.8 Å². The van der Waals surface area contributed by atoms with Gasteiger partial charge in [0.2, 0.25) is 5.76 Å². The molecule has 0 bridgehead atoms. The van der Waals surface area contributed by atoms with Crippen LogP contribution in [0.15, 0.2) is 21.8 Å². The Morgan fingerprint density at radius 2 is 2.24 bits per heavy atom. The number of thioether (sulfide) groups is 1. The molecule has 2 aromatic heterocycles. The topological polar surface area (TPSA) is 89.0 Å². The van der Waals surface area contributed by atoms with E-state index >= 15 is 0 Å². The first kappa shape index (κ1) is 15.1. The Labute approximate surface area is 126 Å². The molecule has 0 aliphatic rings. The highest BCUT2D eigenvalue weighted by Gasteiger charge is 2.17. The molecule has 2 aromatic rings. The number of methoxy groups -OCH3 is 1. The summed E-state index contributed by atoms with van der Waals surface area (Å²) in [5.74, 6) is 0.706. The van der Waals surface area contributed by atoms with Crippen molar-refractivity contribution in [2.45, 2.75) is 24.6 Å². The van der Waals surface area contributed by atoms with Crippen molar-refractivity contribution in [1.82, 2.24) is 9.97 Å². The van der Waals surface area contributed by atoms with E-state index in [0.717, 1.165) is 0 Å². The van der Waals surface area contributed by atoms with E-state index in [0.29, 0.717) is 33.4 Å². The third kappa shape index (κ3) is 3.23. The molecule has 0 radical (unpaired) electrons. The number of nitriles is 1. The maximum atomic E-state index is 11.5. The second kappa shape index (κ2) is 6.41. The minimum Gasteiger partial charge on any atom is -0.463 e. The summed E-state index contributed by atoms with van der Waals surface area (Å²) >= 11 is 1.36. The number of rotatable bonds is 4. The zero-order valence-corrected chi connectivity index (χ0v) is 12.7. The second-order valence-corrected chi connectivity index (χ2v) is 5.17. The van der Waals surface area contributed by atoms with Crippen LogP contribution in [0.4, 0.5) is 0 Å². The fourth-order valence-corrected chi connectivity index (χ4v) is 2.84. The Morgan fingerprint density at radius 3 is 2.90 bits per heavy atom. The molecule has 0 saturated heterocycles. The van der Waals surface area contributed by atoms with Crippen LogP contribution < -0.4 is 0 Å². The number of furan rings is 1. The van der Waals surface area contributed by atoms with Gasteiger partial charge in [-0.3, -0.25) is 0 Å². The molecule has 0 atom stereocenters. The minimum absolute atomic E-state index is 0.172. The van der Waals surface area contributed by atoms with E-state index in [1.165, 1.54) is 25.1 Å². The number of hydrogen-bond donors (Lipinski definition) is 0. The first-order valence-electron chi connectivity index (χ1n) is 6.09. The summed E-state index contributed by atoms with van der Waals surface area (Å²) in [6.07, 6.45) is 1.43. The third-order valence-electron chi connectivity index (χ3n) is 2.76. The van der Waals surface area contributed by atoms with Crippen molar-refractivity contribution in [2.75, 3.05) is 7.11 Å². The molecule has 21 heavy (non-hydrogen) atoms. The van der Waals surface area contributed by atoms with Crippen LogP contribution in [0.1, 0.15) is 33.2 Å². The molecule has 0 aliphatic carbocycles. The van der Waals surface area contributed by atoms with Crippen molar-refractivity contribution >= 4 is 17.7 Å². The molecular formula is C14H13N3O3S. The smallest absolute Gasteiger partial charge is 0.374 e. The third-order valence-corrected chi connectivity index (χ3v) is 3.79. The number of hydrogen-bond acceptors (Lipinski definition) is 7. The Balaban J connectivity index is 2.24. The minimum atomic E-state index is -0.522. The molecule has 6 nitrogen and oxygen atoms in total. The summed E-state index contributed by atoms with van der Waals surface area (Å²) in [6, 6.07) is 3.81. The number of carbonyl (C=O) groups is 1. The largest absolute Gasteiger partial charge is 0.463 e. The normalized spacial score (nSPS) is 10.2. The average Bonchev–Trinajstić information content (AvgIpc) is 2.92. The van der Waals surface area contributed by atoms with Crippen LogP contribution in [0, 0.1) is 25.2 Å². The highest BCUT2D eigenvalue weighted by Crippen LogP contribution is 2.27. The van der Waals surface area contributed by atoms with E-state index in [1.54, 1.807) is 19.9 Å². The van der Waals surface area contributed by atoms with Crippen LogP contribution in [0.2, 0.25) is 0 Å². The van der Waals surface area contributed by atoms with Gasteiger partial charge in [-0.25, -0.2) is 14.8 Å². The molecule has 2 rings (SSSR count). The van der Waals surface area contributed by atoms with Gasteiger partial charge >= 0.3 is 5.97 Å². The Hall–Kier alpha value is -2.33. The molecule has 7 heteroatoms. The van der Waals surface area contributed by atoms with Crippen molar-refractivity contribution in [1.29, 1.82) is 5.26 Å². The molecule has 0 fully saturated rings. The zero-order chi connectivity index (χ0) is 15.4. The fourth-order valence-electron chi connectivity index (χ4n) is 1.78. The van der Waals surface area contributed by atoms with Crippen molar-refractivity contribution in [3.63, 3.8) is 0 Å². The highest BCUT2D eigenvalue weighted by atomic mass is 32.2. The Bertz CT molecular complexity index is 719. The monoisotopic (exact) mass is 303 g/mol. The fraction of sp³-hybridized carbons (Fsp3) is 0.286. The average molecular weight is 303 g/mol. The van der Waals surface area contributed by atoms with Crippen LogP contribution in [0.5, 0.6) is 0 Å². The highest BCUT2D eigenvalue weighted by molar-refractivity contribution is 7.98. The lowest BCUT2D eigenvalue weighted by Gasteiger charge is -2.06. The molecule has 0 spiro atoms. The lowest BCUT2D eigenvalue weighted by molar-refractivity contribution is 0.0564. The predicted octanol–water partition coefficient (Wildman–Crippen LogP) is 2.64. The van der Waals surface area contributed by atoms with Gasteiger partial charge in [0.05, 0.1) is 19.1 Å². The van der Waals surface area contributed by atoms with Crippen molar-refractivity contribution in [2.24, 2.45) is 0 Å². The second-order valence-electron chi connectivity index (χ2n) is 4.20. The maximum Gasteiger partial charge on any atom is 0.374 e. The summed E-state index contributed by atoms with van der Waals surface area (Å²) in [6.45, 7) is 3.55. The molecule has 0 saturated carbocycles. The molecule has 0 aromatic carbocycles. The van der Waals surface area contributed by atoms with Gasteiger partial charge in [0, 0.05) is 11.3 Å². The molecule has 0 unspecified atom stereocenters. The van der Waals surface area contributed by atoms with E-state index < -0.39 is 5.97 Å². The summed E-state index contributed by atoms with van der Waals surface area (Å²) in [7, 11) is 1.30. The van der Waals surface area contributed by atoms with E-state index in [-0.39, 0.29) is 5.76 Å². The molecule has 0 aliphatic heterocycles. The maximum absolute atomic E-state index is 11.5. The summed E-state index contributed by atoms with van der Waals surface area (Å²) in [4.78, 5) is 20.0. The lowest BCUT2D eigenvalue weighted by Crippen LogP contribution is -2.03. The van der Waals surface area contributed by atoms with E-state index in [1.807, 2.05) is 0 Å². The van der Waals surface area contributed by atoms with E-state index in [9.17, 15) is 10.1 Å². The van der Waals surface area contributed by atoms with Gasteiger partial charge in [0.15, 0.2) is 0 Å². The van der Waals surface area contributed by atoms with Gasteiger partial charge in [-0.05, 0) is 19.9 Å². The van der Waals surface area contributed by atoms with Crippen LogP contribution in [0.3, 0.4) is 0 Å². The molecule has 0 N–H and O–H groups in total. The molecule has 108 valence electrons. The number of esters is 1. The zero-order valence-electron chi connectivity index (χ0n) is 11.8. The Kier molecular flexibility index (Phi) is 4.60. The number of aryl methyl sites for hydroxylation is 2. The first-order valence-corrected chi connectivity index (χ1v) is 7.08. The van der Waals surface area contributed by atoms with Gasteiger partial charge in [-0.1, -0.05) is 0 Å². The first-order chi connectivity index (χ1) is 10.1. The molecular weight excluding hydrogens is 290 g/mol. The van der Waals surface area contributed by atoms with Crippen LogP contribution in [-0.4, -0.2) is 23.0 Å². The van der Waals surface area contributed by atoms with Gasteiger partial charge < -0.3 is 9.15 Å². The Morgan fingerprint density at radius 1 is 1.48 bits per heavy atom. The van der Waals surface area contributed by atoms with Gasteiger partial charge in [-0.2, -0.15) is 5.26 Å². The summed E-state index contributed by atoms with van der Waals surface area (Å²) < 4.78 is 9.77. The summed E-state index contributed by atoms with van der Waals surface area (Å²) in [5, 5.41) is 9.79. The van der Waals surface area contributed by atoms with Gasteiger partial charge in [0.1, 0.15) is 22.5 Å². The quantitative estimate of drug-likeness (QED) is 0.487. The number of nitrogens with zero attached hydrogens (tertiary/aromatic N) is 3. The van der Waals surface area contributed by atoms with E-state index in [4.69, 9.17) is 4.42 Å². The van der Waals surface area contributed by atoms with Crippen molar-refractivity contribution in [3.05, 3.63) is 40.7 Å². The predicted molar refractivity (Wildman–Crippen MR) is 75.8 cm³/mol. The number of ether oxygens (including phenoxy) is 1. The van der Waals surface area contributed by atoms with Gasteiger partial charge in [0.25, 0.3) is 0 Å². The van der Waals surface area contributed by atoms with Crippen LogP contribution in [-0.2, 0) is 10.5 Å². The molecule has 2 heterocycles. The standard InChI is InChI=1S/C14H13N3O3S/c1-8-11(6-15)13(17-9(2)16-8)21-7-10-4-5-20-12(10)14(18)19-3/h4-5H,7H2,1-3H3. The van der Waals surface area contributed by atoms with Crippen molar-refractivity contribution < 1.29 is 13.9 Å². The molecule has 0 amide bonds. The SMILES string of the molecule is COC(=O)c1occc1CSc1nc(C)nc(C)c1C#N. The van der Waals surface area contributed by atoms with Crippen molar-refractivity contribution in [3.8, 4) is 6.07 Å². The van der Waals surface area contributed by atoms with E-state index in [2.05, 4.69) is 20.8 Å².